The van der Waals surface area contributed by atoms with Gasteiger partial charge in [0, 0.05) is 24.1 Å². The maximum Gasteiger partial charge on any atom is 0.310 e. The predicted molar refractivity (Wildman–Crippen MR) is 129 cm³/mol. The quantitative estimate of drug-likeness (QED) is 0.594. The lowest BCUT2D eigenvalue weighted by molar-refractivity contribution is -0.150. The zero-order valence-corrected chi connectivity index (χ0v) is 20.1. The lowest BCUT2D eigenvalue weighted by atomic mass is 9.94. The second kappa shape index (κ2) is 10.5. The number of benzene rings is 2. The summed E-state index contributed by atoms with van der Waals surface area (Å²) in [6.07, 6.45) is 2.03. The minimum absolute atomic E-state index is 0.129. The van der Waals surface area contributed by atoms with Gasteiger partial charge in [0.25, 0.3) is 5.91 Å². The maximum absolute atomic E-state index is 14.8. The van der Waals surface area contributed by atoms with E-state index in [-0.39, 0.29) is 30.2 Å². The van der Waals surface area contributed by atoms with Gasteiger partial charge in [0.15, 0.2) is 0 Å². The molecular weight excluding hydrogens is 433 g/mol. The first-order valence-corrected chi connectivity index (χ1v) is 12.0. The molecule has 4 rings (SSSR count). The van der Waals surface area contributed by atoms with Crippen LogP contribution in [0, 0.1) is 25.6 Å². The van der Waals surface area contributed by atoms with Gasteiger partial charge in [-0.05, 0) is 57.9 Å². The molecule has 34 heavy (non-hydrogen) atoms. The topological polar surface area (TPSA) is 62.2 Å². The Morgan fingerprint density at radius 1 is 1.18 bits per heavy atom. The van der Waals surface area contributed by atoms with E-state index in [0.717, 1.165) is 41.8 Å². The van der Waals surface area contributed by atoms with Crippen LogP contribution in [0.2, 0.25) is 0 Å². The van der Waals surface area contributed by atoms with Crippen molar-refractivity contribution in [1.29, 1.82) is 0 Å². The number of hydrazone groups is 1. The Hall–Kier alpha value is -3.06. The smallest absolute Gasteiger partial charge is 0.310 e. The Bertz CT molecular complexity index is 1100. The van der Waals surface area contributed by atoms with Gasteiger partial charge in [-0.25, -0.2) is 9.40 Å². The lowest BCUT2D eigenvalue weighted by Crippen LogP contribution is -2.45. The number of piperidine rings is 1. The third-order valence-corrected chi connectivity index (χ3v) is 6.62. The standard InChI is InChI=1S/C27H32FN3O3/c1-4-34-27(33)20-8-7-13-30(16-20)17-26(32)31-25(21-9-5-6-10-23(21)28)15-24(29-31)22-14-18(2)11-12-19(22)3/h5-6,9-12,14,20,25H,4,7-8,13,15-17H2,1-3H3/t20-,25+/m1/s1. The average Bonchev–Trinajstić information content (AvgIpc) is 3.26. The molecule has 1 fully saturated rings. The second-order valence-electron chi connectivity index (χ2n) is 9.17. The third kappa shape index (κ3) is 5.20. The Kier molecular flexibility index (Phi) is 7.41. The summed E-state index contributed by atoms with van der Waals surface area (Å²) in [4.78, 5) is 27.7. The molecule has 0 aromatic heterocycles. The molecule has 2 aromatic rings. The van der Waals surface area contributed by atoms with Gasteiger partial charge >= 0.3 is 5.97 Å². The Morgan fingerprint density at radius 3 is 2.74 bits per heavy atom. The molecule has 180 valence electrons. The van der Waals surface area contributed by atoms with Crippen molar-refractivity contribution in [3.8, 4) is 0 Å². The van der Waals surface area contributed by atoms with Crippen molar-refractivity contribution in [1.82, 2.24) is 9.91 Å². The van der Waals surface area contributed by atoms with E-state index >= 15 is 0 Å². The van der Waals surface area contributed by atoms with Gasteiger partial charge < -0.3 is 4.74 Å². The molecule has 2 heterocycles. The average molecular weight is 466 g/mol. The highest BCUT2D eigenvalue weighted by molar-refractivity contribution is 6.04. The SMILES string of the molecule is CCOC(=O)[C@@H]1CCCN(CC(=O)N2N=C(c3cc(C)ccc3C)C[C@H]2c2ccccc2F)C1. The highest BCUT2D eigenvalue weighted by Crippen LogP contribution is 2.35. The lowest BCUT2D eigenvalue weighted by Gasteiger charge is -2.32. The molecule has 1 amide bonds. The zero-order valence-electron chi connectivity index (χ0n) is 20.1. The van der Waals surface area contributed by atoms with Crippen LogP contribution in [0.4, 0.5) is 4.39 Å². The molecule has 0 aliphatic carbocycles. The number of hydrogen-bond acceptors (Lipinski definition) is 5. The number of likely N-dealkylation sites (tertiary alicyclic amines) is 1. The molecule has 2 aromatic carbocycles. The first-order valence-electron chi connectivity index (χ1n) is 12.0. The number of aryl methyl sites for hydroxylation is 2. The summed E-state index contributed by atoms with van der Waals surface area (Å²) in [6, 6.07) is 12.2. The van der Waals surface area contributed by atoms with E-state index in [0.29, 0.717) is 25.1 Å². The van der Waals surface area contributed by atoms with Crippen molar-refractivity contribution >= 4 is 17.6 Å². The van der Waals surface area contributed by atoms with Crippen LogP contribution >= 0.6 is 0 Å². The van der Waals surface area contributed by atoms with E-state index < -0.39 is 6.04 Å². The van der Waals surface area contributed by atoms with E-state index in [1.54, 1.807) is 25.1 Å². The van der Waals surface area contributed by atoms with Crippen LogP contribution in [0.3, 0.4) is 0 Å². The molecule has 2 aliphatic rings. The van der Waals surface area contributed by atoms with Gasteiger partial charge in [0.2, 0.25) is 0 Å². The van der Waals surface area contributed by atoms with Gasteiger partial charge in [-0.3, -0.25) is 14.5 Å². The molecule has 0 radical (unpaired) electrons. The molecule has 0 saturated carbocycles. The fourth-order valence-corrected chi connectivity index (χ4v) is 4.85. The monoisotopic (exact) mass is 465 g/mol. The Morgan fingerprint density at radius 2 is 1.97 bits per heavy atom. The maximum atomic E-state index is 14.8. The first-order chi connectivity index (χ1) is 16.4. The van der Waals surface area contributed by atoms with Crippen LogP contribution in [-0.4, -0.2) is 53.7 Å². The van der Waals surface area contributed by atoms with Crippen LogP contribution in [-0.2, 0) is 14.3 Å². The molecule has 0 spiro atoms. The fraction of sp³-hybridized carbons (Fsp3) is 0.444. The Balaban J connectivity index is 1.58. The largest absolute Gasteiger partial charge is 0.466 e. The molecule has 2 atom stereocenters. The highest BCUT2D eigenvalue weighted by atomic mass is 19.1. The normalized spacial score (nSPS) is 20.8. The number of hydrogen-bond donors (Lipinski definition) is 0. The van der Waals surface area contributed by atoms with Crippen LogP contribution in [0.15, 0.2) is 47.6 Å². The van der Waals surface area contributed by atoms with Gasteiger partial charge in [-0.15, -0.1) is 0 Å². The van der Waals surface area contributed by atoms with Crippen molar-refractivity contribution in [2.45, 2.75) is 46.1 Å². The van der Waals surface area contributed by atoms with Crippen LogP contribution in [0.5, 0.6) is 0 Å². The van der Waals surface area contributed by atoms with Gasteiger partial charge in [0.05, 0.1) is 30.8 Å². The first kappa shape index (κ1) is 24.1. The number of halogens is 1. The molecule has 0 unspecified atom stereocenters. The molecule has 6 nitrogen and oxygen atoms in total. The number of ether oxygens (including phenoxy) is 1. The third-order valence-electron chi connectivity index (χ3n) is 6.62. The van der Waals surface area contributed by atoms with E-state index in [1.165, 1.54) is 11.1 Å². The second-order valence-corrected chi connectivity index (χ2v) is 9.17. The summed E-state index contributed by atoms with van der Waals surface area (Å²) in [5.41, 5.74) is 4.40. The van der Waals surface area contributed by atoms with Crippen molar-refractivity contribution in [3.05, 3.63) is 70.5 Å². The number of carbonyl (C=O) groups is 2. The van der Waals surface area contributed by atoms with Crippen molar-refractivity contribution < 1.29 is 18.7 Å². The predicted octanol–water partition coefficient (Wildman–Crippen LogP) is 4.40. The molecule has 2 aliphatic heterocycles. The summed E-state index contributed by atoms with van der Waals surface area (Å²) >= 11 is 0. The summed E-state index contributed by atoms with van der Waals surface area (Å²) in [5.74, 6) is -0.974. The van der Waals surface area contributed by atoms with E-state index in [1.807, 2.05) is 30.9 Å². The molecule has 1 saturated heterocycles. The highest BCUT2D eigenvalue weighted by Gasteiger charge is 2.36. The molecule has 0 bridgehead atoms. The number of rotatable bonds is 6. The van der Waals surface area contributed by atoms with Crippen molar-refractivity contribution in [3.63, 3.8) is 0 Å². The zero-order chi connectivity index (χ0) is 24.2. The fourth-order valence-electron chi connectivity index (χ4n) is 4.85. The van der Waals surface area contributed by atoms with Crippen molar-refractivity contribution in [2.24, 2.45) is 11.0 Å². The van der Waals surface area contributed by atoms with Gasteiger partial charge in [-0.1, -0.05) is 35.9 Å². The summed E-state index contributed by atoms with van der Waals surface area (Å²) in [5, 5.41) is 6.17. The van der Waals surface area contributed by atoms with Crippen molar-refractivity contribution in [2.75, 3.05) is 26.2 Å². The number of amides is 1. The Labute approximate surface area is 200 Å². The summed E-state index contributed by atoms with van der Waals surface area (Å²) in [6.45, 7) is 7.52. The minimum atomic E-state index is -0.505. The van der Waals surface area contributed by atoms with E-state index in [4.69, 9.17) is 9.84 Å². The number of carbonyl (C=O) groups excluding carboxylic acids is 2. The number of esters is 1. The van der Waals surface area contributed by atoms with Crippen LogP contribution < -0.4 is 0 Å². The molecule has 0 N–H and O–H groups in total. The summed E-state index contributed by atoms with van der Waals surface area (Å²) in [7, 11) is 0. The van der Waals surface area contributed by atoms with E-state index in [9.17, 15) is 14.0 Å². The van der Waals surface area contributed by atoms with Crippen LogP contribution in [0.1, 0.15) is 54.5 Å². The number of nitrogens with zero attached hydrogens (tertiary/aromatic N) is 3. The minimum Gasteiger partial charge on any atom is -0.466 e. The van der Waals surface area contributed by atoms with Gasteiger partial charge in [-0.2, -0.15) is 5.10 Å². The van der Waals surface area contributed by atoms with E-state index in [2.05, 4.69) is 6.07 Å². The van der Waals surface area contributed by atoms with Crippen LogP contribution in [0.25, 0.3) is 0 Å². The van der Waals surface area contributed by atoms with Gasteiger partial charge in [0.1, 0.15) is 5.82 Å². The molecule has 7 heteroatoms. The summed E-state index contributed by atoms with van der Waals surface area (Å²) < 4.78 is 20.0. The molecular formula is C27H32FN3O3.